The highest BCUT2D eigenvalue weighted by Crippen LogP contribution is 2.43. The molecule has 8 heteroatoms. The first-order chi connectivity index (χ1) is 15.6. The number of fused-ring (bicyclic) bond motifs is 1. The van der Waals surface area contributed by atoms with Crippen LogP contribution in [0, 0.1) is 13.8 Å². The number of anilines is 2. The highest BCUT2D eigenvalue weighted by Gasteiger charge is 2.27. The molecule has 0 spiro atoms. The summed E-state index contributed by atoms with van der Waals surface area (Å²) in [6.45, 7) is 4.31. The Morgan fingerprint density at radius 1 is 1.09 bits per heavy atom. The summed E-state index contributed by atoms with van der Waals surface area (Å²) in [4.78, 5) is 18.3. The van der Waals surface area contributed by atoms with Crippen LogP contribution >= 0.6 is 11.3 Å². The molecule has 0 aliphatic carbocycles. The number of nitrogens with one attached hydrogen (secondary N) is 2. The summed E-state index contributed by atoms with van der Waals surface area (Å²) in [6, 6.07) is 14.6. The Kier molecular flexibility index (Phi) is 5.28. The third-order valence-corrected chi connectivity index (χ3v) is 6.52. The Morgan fingerprint density at radius 3 is 2.75 bits per heavy atom. The maximum atomic E-state index is 12.8. The first-order valence-corrected chi connectivity index (χ1v) is 10.9. The number of nitrogens with zero attached hydrogens (tertiary/aromatic N) is 1. The highest BCUT2D eigenvalue weighted by atomic mass is 32.1. The maximum Gasteiger partial charge on any atom is 0.291 e. The average Bonchev–Trinajstić information content (AvgIpc) is 3.55. The SMILES string of the molecule is Cc1sc(NC(=O)c2ccco2)c(C(Nc2ccccn2)c2ccc3c(c2)OCO3)c1C. The van der Waals surface area contributed by atoms with Gasteiger partial charge in [0.25, 0.3) is 5.91 Å². The molecule has 0 fully saturated rings. The fraction of sp³-hybridized carbons (Fsp3) is 0.167. The van der Waals surface area contributed by atoms with Crippen molar-refractivity contribution in [1.29, 1.82) is 0 Å². The van der Waals surface area contributed by atoms with Crippen LogP contribution in [0.5, 0.6) is 11.5 Å². The minimum Gasteiger partial charge on any atom is -0.459 e. The van der Waals surface area contributed by atoms with Crippen molar-refractivity contribution in [3.05, 3.63) is 88.3 Å². The van der Waals surface area contributed by atoms with Gasteiger partial charge in [-0.3, -0.25) is 4.79 Å². The molecule has 4 aromatic rings. The topological polar surface area (TPSA) is 85.6 Å². The number of thiophene rings is 1. The van der Waals surface area contributed by atoms with Gasteiger partial charge >= 0.3 is 0 Å². The van der Waals surface area contributed by atoms with Crippen LogP contribution < -0.4 is 20.1 Å². The van der Waals surface area contributed by atoms with Gasteiger partial charge in [0.2, 0.25) is 6.79 Å². The van der Waals surface area contributed by atoms with E-state index < -0.39 is 0 Å². The Hall–Kier alpha value is -3.78. The van der Waals surface area contributed by atoms with Crippen LogP contribution in [-0.2, 0) is 0 Å². The van der Waals surface area contributed by atoms with Crippen molar-refractivity contribution in [2.75, 3.05) is 17.4 Å². The van der Waals surface area contributed by atoms with Crippen LogP contribution in [-0.4, -0.2) is 17.7 Å². The largest absolute Gasteiger partial charge is 0.459 e. The molecule has 32 heavy (non-hydrogen) atoms. The fourth-order valence-corrected chi connectivity index (χ4v) is 4.76. The number of aryl methyl sites for hydroxylation is 1. The lowest BCUT2D eigenvalue weighted by Crippen LogP contribution is -2.17. The molecule has 5 rings (SSSR count). The molecule has 0 bridgehead atoms. The van der Waals surface area contributed by atoms with Crippen LogP contribution in [0.3, 0.4) is 0 Å². The van der Waals surface area contributed by atoms with E-state index in [-0.39, 0.29) is 24.5 Å². The lowest BCUT2D eigenvalue weighted by Gasteiger charge is -2.22. The molecule has 0 saturated carbocycles. The minimum absolute atomic E-state index is 0.207. The lowest BCUT2D eigenvalue weighted by atomic mass is 9.96. The molecule has 0 saturated heterocycles. The zero-order valence-electron chi connectivity index (χ0n) is 17.5. The molecule has 1 amide bonds. The second-order valence-electron chi connectivity index (χ2n) is 7.36. The van der Waals surface area contributed by atoms with Crippen LogP contribution in [0.1, 0.15) is 38.2 Å². The van der Waals surface area contributed by atoms with Crippen molar-refractivity contribution in [2.24, 2.45) is 0 Å². The van der Waals surface area contributed by atoms with E-state index in [1.807, 2.05) is 43.3 Å². The number of rotatable bonds is 6. The maximum absolute atomic E-state index is 12.8. The van der Waals surface area contributed by atoms with E-state index >= 15 is 0 Å². The van der Waals surface area contributed by atoms with Gasteiger partial charge in [0, 0.05) is 16.6 Å². The number of ether oxygens (including phenoxy) is 2. The van der Waals surface area contributed by atoms with Gasteiger partial charge in [-0.05, 0) is 61.4 Å². The lowest BCUT2D eigenvalue weighted by molar-refractivity contribution is 0.0997. The summed E-state index contributed by atoms with van der Waals surface area (Å²) < 4.78 is 16.4. The van der Waals surface area contributed by atoms with Crippen LogP contribution in [0.15, 0.2) is 65.4 Å². The molecule has 3 aromatic heterocycles. The van der Waals surface area contributed by atoms with E-state index in [1.165, 1.54) is 17.6 Å². The minimum atomic E-state index is -0.292. The predicted molar refractivity (Wildman–Crippen MR) is 123 cm³/mol. The predicted octanol–water partition coefficient (Wildman–Crippen LogP) is 5.54. The van der Waals surface area contributed by atoms with Crippen molar-refractivity contribution in [3.8, 4) is 11.5 Å². The summed E-state index contributed by atoms with van der Waals surface area (Å²) in [5.41, 5.74) is 3.03. The number of hydrogen-bond donors (Lipinski definition) is 2. The second-order valence-corrected chi connectivity index (χ2v) is 8.59. The summed E-state index contributed by atoms with van der Waals surface area (Å²) >= 11 is 1.54. The molecular weight excluding hydrogens is 426 g/mol. The van der Waals surface area contributed by atoms with E-state index in [4.69, 9.17) is 13.9 Å². The normalized spacial score (nSPS) is 13.1. The standard InChI is InChI=1S/C24H21N3O4S/c1-14-15(2)32-24(27-23(28)18-6-5-11-29-18)21(14)22(26-20-7-3-4-10-25-20)16-8-9-17-19(12-16)31-13-30-17/h3-12,22H,13H2,1-2H3,(H,25,26)(H,27,28). The summed E-state index contributed by atoms with van der Waals surface area (Å²) in [6.07, 6.45) is 3.23. The van der Waals surface area contributed by atoms with Gasteiger partial charge in [0.15, 0.2) is 17.3 Å². The Labute approximate surface area is 189 Å². The number of pyridine rings is 1. The quantitative estimate of drug-likeness (QED) is 0.404. The van der Waals surface area contributed by atoms with Gasteiger partial charge in [-0.15, -0.1) is 11.3 Å². The van der Waals surface area contributed by atoms with Crippen molar-refractivity contribution >= 4 is 28.1 Å². The van der Waals surface area contributed by atoms with E-state index in [1.54, 1.807) is 18.3 Å². The van der Waals surface area contributed by atoms with Gasteiger partial charge in [0.1, 0.15) is 10.8 Å². The van der Waals surface area contributed by atoms with E-state index in [0.29, 0.717) is 5.75 Å². The molecule has 1 aliphatic rings. The Morgan fingerprint density at radius 2 is 1.97 bits per heavy atom. The van der Waals surface area contributed by atoms with E-state index in [9.17, 15) is 4.79 Å². The zero-order valence-corrected chi connectivity index (χ0v) is 18.4. The first kappa shape index (κ1) is 20.1. The van der Waals surface area contributed by atoms with Gasteiger partial charge in [-0.2, -0.15) is 0 Å². The number of hydrogen-bond acceptors (Lipinski definition) is 7. The van der Waals surface area contributed by atoms with Gasteiger partial charge < -0.3 is 24.5 Å². The number of furan rings is 1. The van der Waals surface area contributed by atoms with Gasteiger partial charge in [-0.25, -0.2) is 4.98 Å². The smallest absolute Gasteiger partial charge is 0.291 e. The van der Waals surface area contributed by atoms with Gasteiger partial charge in [-0.1, -0.05) is 12.1 Å². The van der Waals surface area contributed by atoms with Crippen molar-refractivity contribution in [3.63, 3.8) is 0 Å². The van der Waals surface area contributed by atoms with Crippen molar-refractivity contribution in [1.82, 2.24) is 4.98 Å². The third kappa shape index (κ3) is 3.80. The summed E-state index contributed by atoms with van der Waals surface area (Å²) in [7, 11) is 0. The third-order valence-electron chi connectivity index (χ3n) is 5.38. The molecule has 2 N–H and O–H groups in total. The number of carbonyl (C=O) groups excluding carboxylic acids is 1. The number of amides is 1. The molecule has 162 valence electrons. The molecule has 1 atom stereocenters. The highest BCUT2D eigenvalue weighted by molar-refractivity contribution is 7.16. The Bertz CT molecular complexity index is 1250. The Balaban J connectivity index is 1.59. The molecule has 0 radical (unpaired) electrons. The van der Waals surface area contributed by atoms with Crippen LogP contribution in [0.4, 0.5) is 10.8 Å². The first-order valence-electron chi connectivity index (χ1n) is 10.1. The molecule has 1 unspecified atom stereocenters. The number of carbonyl (C=O) groups is 1. The van der Waals surface area contributed by atoms with Crippen molar-refractivity contribution in [2.45, 2.75) is 19.9 Å². The molecular formula is C24H21N3O4S. The number of aromatic nitrogens is 1. The van der Waals surface area contributed by atoms with Crippen LogP contribution in [0.2, 0.25) is 0 Å². The second kappa shape index (κ2) is 8.39. The van der Waals surface area contributed by atoms with Gasteiger partial charge in [0.05, 0.1) is 12.3 Å². The molecule has 1 aromatic carbocycles. The van der Waals surface area contributed by atoms with E-state index in [2.05, 4.69) is 22.5 Å². The van der Waals surface area contributed by atoms with Crippen LogP contribution in [0.25, 0.3) is 0 Å². The fourth-order valence-electron chi connectivity index (χ4n) is 3.67. The molecule has 1 aliphatic heterocycles. The molecule has 4 heterocycles. The zero-order chi connectivity index (χ0) is 22.1. The summed E-state index contributed by atoms with van der Waals surface area (Å²) in [5, 5.41) is 7.32. The average molecular weight is 448 g/mol. The van der Waals surface area contributed by atoms with Crippen molar-refractivity contribution < 1.29 is 18.7 Å². The monoisotopic (exact) mass is 447 g/mol. The van der Waals surface area contributed by atoms with E-state index in [0.717, 1.165) is 38.1 Å². The summed E-state index contributed by atoms with van der Waals surface area (Å²) in [5.74, 6) is 2.11. The number of benzene rings is 1. The molecule has 7 nitrogen and oxygen atoms in total.